The Morgan fingerprint density at radius 1 is 1.40 bits per heavy atom. The van der Waals surface area contributed by atoms with Gasteiger partial charge in [0.2, 0.25) is 5.91 Å². The largest absolute Gasteiger partial charge is 0.481 e. The van der Waals surface area contributed by atoms with Crippen LogP contribution in [0.15, 0.2) is 22.8 Å². The molecule has 0 saturated heterocycles. The predicted octanol–water partition coefficient (Wildman–Crippen LogP) is -0.385. The Kier molecular flexibility index (Phi) is 6.24. The molecular weight excluding hydrogens is 268 g/mol. The van der Waals surface area contributed by atoms with Crippen LogP contribution in [0.2, 0.25) is 0 Å². The molecule has 110 valence electrons. The Hall–Kier alpha value is -2.35. The third-order valence-corrected chi connectivity index (χ3v) is 2.42. The number of aliphatic carboxylic acids is 1. The lowest BCUT2D eigenvalue weighted by Gasteiger charge is -2.13. The summed E-state index contributed by atoms with van der Waals surface area (Å²) in [4.78, 5) is 33.4. The number of rotatable bonds is 8. The molecule has 1 unspecified atom stereocenters. The Morgan fingerprint density at radius 2 is 2.15 bits per heavy atom. The summed E-state index contributed by atoms with van der Waals surface area (Å²) in [5.41, 5.74) is 0. The van der Waals surface area contributed by atoms with Crippen molar-refractivity contribution in [2.45, 2.75) is 12.5 Å². The van der Waals surface area contributed by atoms with Crippen LogP contribution in [0.25, 0.3) is 0 Å². The maximum absolute atomic E-state index is 11.5. The van der Waals surface area contributed by atoms with Gasteiger partial charge in [0.05, 0.1) is 25.3 Å². The van der Waals surface area contributed by atoms with Crippen LogP contribution in [0.1, 0.15) is 17.0 Å². The highest BCUT2D eigenvalue weighted by molar-refractivity contribution is 5.94. The van der Waals surface area contributed by atoms with Gasteiger partial charge in [-0.15, -0.1) is 0 Å². The minimum absolute atomic E-state index is 0.0538. The molecule has 1 aromatic heterocycles. The molecule has 0 aromatic carbocycles. The SMILES string of the molecule is COC(CNC(=O)CNC(=O)c1ccco1)CC(=O)O. The van der Waals surface area contributed by atoms with Crippen molar-refractivity contribution in [2.75, 3.05) is 20.2 Å². The lowest BCUT2D eigenvalue weighted by Crippen LogP contribution is -2.40. The van der Waals surface area contributed by atoms with Crippen molar-refractivity contribution in [3.8, 4) is 0 Å². The highest BCUT2D eigenvalue weighted by atomic mass is 16.5. The van der Waals surface area contributed by atoms with E-state index in [2.05, 4.69) is 10.6 Å². The molecule has 2 amide bonds. The molecule has 8 nitrogen and oxygen atoms in total. The minimum atomic E-state index is -1.02. The minimum Gasteiger partial charge on any atom is -0.481 e. The van der Waals surface area contributed by atoms with E-state index >= 15 is 0 Å². The number of carbonyl (C=O) groups excluding carboxylic acids is 2. The van der Waals surface area contributed by atoms with Crippen LogP contribution >= 0.6 is 0 Å². The third-order valence-electron chi connectivity index (χ3n) is 2.42. The zero-order valence-electron chi connectivity index (χ0n) is 10.9. The van der Waals surface area contributed by atoms with E-state index in [1.165, 1.54) is 19.4 Å². The Bertz CT molecular complexity index is 457. The van der Waals surface area contributed by atoms with Gasteiger partial charge < -0.3 is 24.9 Å². The first-order valence-corrected chi connectivity index (χ1v) is 5.86. The van der Waals surface area contributed by atoms with Gasteiger partial charge in [0.1, 0.15) is 0 Å². The van der Waals surface area contributed by atoms with E-state index in [0.717, 1.165) is 0 Å². The first kappa shape index (κ1) is 15.7. The number of nitrogens with one attached hydrogen (secondary N) is 2. The van der Waals surface area contributed by atoms with E-state index in [-0.39, 0.29) is 25.3 Å². The average Bonchev–Trinajstić information content (AvgIpc) is 2.94. The lowest BCUT2D eigenvalue weighted by molar-refractivity contribution is -0.140. The van der Waals surface area contributed by atoms with Crippen molar-refractivity contribution < 1.29 is 28.6 Å². The number of carboxylic acid groups (broad SMARTS) is 1. The second-order valence-electron chi connectivity index (χ2n) is 3.92. The fourth-order valence-corrected chi connectivity index (χ4v) is 1.38. The number of carboxylic acids is 1. The summed E-state index contributed by atoms with van der Waals surface area (Å²) >= 11 is 0. The summed E-state index contributed by atoms with van der Waals surface area (Å²) < 4.78 is 9.76. The molecule has 3 N–H and O–H groups in total. The molecule has 1 atom stereocenters. The number of furan rings is 1. The molecule has 1 heterocycles. The molecule has 0 bridgehead atoms. The number of amides is 2. The summed E-state index contributed by atoms with van der Waals surface area (Å²) in [7, 11) is 1.36. The number of carbonyl (C=O) groups is 3. The van der Waals surface area contributed by atoms with Crippen molar-refractivity contribution >= 4 is 17.8 Å². The van der Waals surface area contributed by atoms with Gasteiger partial charge in [-0.3, -0.25) is 14.4 Å². The average molecular weight is 284 g/mol. The predicted molar refractivity (Wildman–Crippen MR) is 67.1 cm³/mol. The van der Waals surface area contributed by atoms with Crippen molar-refractivity contribution in [1.82, 2.24) is 10.6 Å². The highest BCUT2D eigenvalue weighted by Gasteiger charge is 2.14. The zero-order valence-corrected chi connectivity index (χ0v) is 10.9. The van der Waals surface area contributed by atoms with Gasteiger partial charge in [-0.05, 0) is 12.1 Å². The van der Waals surface area contributed by atoms with Crippen molar-refractivity contribution in [3.05, 3.63) is 24.2 Å². The Labute approximate surface area is 115 Å². The quantitative estimate of drug-likeness (QED) is 0.598. The molecule has 1 aromatic rings. The van der Waals surface area contributed by atoms with Crippen LogP contribution in [-0.2, 0) is 14.3 Å². The van der Waals surface area contributed by atoms with E-state index in [0.29, 0.717) is 0 Å². The Balaban J connectivity index is 2.26. The standard InChI is InChI=1S/C12H16N2O6/c1-19-8(5-11(16)17)6-13-10(15)7-14-12(18)9-3-2-4-20-9/h2-4,8H,5-7H2,1H3,(H,13,15)(H,14,18)(H,16,17). The summed E-state index contributed by atoms with van der Waals surface area (Å²) in [6.45, 7) is -0.179. The fourth-order valence-electron chi connectivity index (χ4n) is 1.38. The van der Waals surface area contributed by atoms with Crippen LogP contribution in [0, 0.1) is 0 Å². The van der Waals surface area contributed by atoms with Crippen LogP contribution in [0.4, 0.5) is 0 Å². The van der Waals surface area contributed by atoms with Gasteiger partial charge in [-0.1, -0.05) is 0 Å². The molecule has 0 aliphatic carbocycles. The molecule has 0 spiro atoms. The van der Waals surface area contributed by atoms with E-state index in [1.54, 1.807) is 6.07 Å². The third kappa shape index (κ3) is 5.53. The van der Waals surface area contributed by atoms with Crippen molar-refractivity contribution in [1.29, 1.82) is 0 Å². The lowest BCUT2D eigenvalue weighted by atomic mass is 10.2. The van der Waals surface area contributed by atoms with E-state index < -0.39 is 23.9 Å². The maximum atomic E-state index is 11.5. The van der Waals surface area contributed by atoms with Gasteiger partial charge in [0, 0.05) is 13.7 Å². The summed E-state index contributed by atoms with van der Waals surface area (Å²) in [6, 6.07) is 3.03. The van der Waals surface area contributed by atoms with Crippen molar-refractivity contribution in [3.63, 3.8) is 0 Å². The fraction of sp³-hybridized carbons (Fsp3) is 0.417. The molecule has 8 heteroatoms. The summed E-state index contributed by atoms with van der Waals surface area (Å²) in [5, 5.41) is 13.4. The second kappa shape index (κ2) is 7.95. The van der Waals surface area contributed by atoms with E-state index in [9.17, 15) is 14.4 Å². The number of hydrogen-bond acceptors (Lipinski definition) is 5. The normalized spacial score (nSPS) is 11.7. The van der Waals surface area contributed by atoms with Gasteiger partial charge in [0.25, 0.3) is 5.91 Å². The van der Waals surface area contributed by atoms with Gasteiger partial charge in [-0.2, -0.15) is 0 Å². The number of methoxy groups -OCH3 is 1. The van der Waals surface area contributed by atoms with E-state index in [1.807, 2.05) is 0 Å². The topological polar surface area (TPSA) is 118 Å². The number of ether oxygens (including phenoxy) is 1. The first-order chi connectivity index (χ1) is 9.52. The molecule has 0 aliphatic heterocycles. The van der Waals surface area contributed by atoms with Gasteiger partial charge >= 0.3 is 5.97 Å². The van der Waals surface area contributed by atoms with Crippen molar-refractivity contribution in [2.24, 2.45) is 0 Å². The van der Waals surface area contributed by atoms with Crippen LogP contribution in [0.5, 0.6) is 0 Å². The molecule has 20 heavy (non-hydrogen) atoms. The highest BCUT2D eigenvalue weighted by Crippen LogP contribution is 1.98. The molecule has 1 rings (SSSR count). The summed E-state index contributed by atoms with van der Waals surface area (Å²) in [6.07, 6.45) is 0.525. The van der Waals surface area contributed by atoms with Crippen LogP contribution < -0.4 is 10.6 Å². The van der Waals surface area contributed by atoms with Crippen LogP contribution in [0.3, 0.4) is 0 Å². The van der Waals surface area contributed by atoms with Gasteiger partial charge in [0.15, 0.2) is 5.76 Å². The first-order valence-electron chi connectivity index (χ1n) is 5.86. The molecule has 0 radical (unpaired) electrons. The number of hydrogen-bond donors (Lipinski definition) is 3. The van der Waals surface area contributed by atoms with Crippen LogP contribution in [-0.4, -0.2) is 49.2 Å². The molecule has 0 saturated carbocycles. The van der Waals surface area contributed by atoms with Gasteiger partial charge in [-0.25, -0.2) is 0 Å². The second-order valence-corrected chi connectivity index (χ2v) is 3.92. The molecular formula is C12H16N2O6. The smallest absolute Gasteiger partial charge is 0.306 e. The zero-order chi connectivity index (χ0) is 15.0. The maximum Gasteiger partial charge on any atom is 0.306 e. The monoisotopic (exact) mass is 284 g/mol. The van der Waals surface area contributed by atoms with E-state index in [4.69, 9.17) is 14.3 Å². The Morgan fingerprint density at radius 3 is 2.70 bits per heavy atom. The summed E-state index contributed by atoms with van der Waals surface area (Å²) in [5.74, 6) is -1.85. The molecule has 0 aliphatic rings. The molecule has 0 fully saturated rings.